The zero-order valence-corrected chi connectivity index (χ0v) is 18.5. The Balaban J connectivity index is 1.66. The molecule has 9 heteroatoms. The number of halogens is 4. The molecule has 0 bridgehead atoms. The molecule has 0 saturated carbocycles. The predicted molar refractivity (Wildman–Crippen MR) is 118 cm³/mol. The average molecular weight is 474 g/mol. The molecule has 0 spiro atoms. The van der Waals surface area contributed by atoms with Gasteiger partial charge in [-0.1, -0.05) is 12.1 Å². The second kappa shape index (κ2) is 8.72. The van der Waals surface area contributed by atoms with Gasteiger partial charge in [-0.25, -0.2) is 4.39 Å². The van der Waals surface area contributed by atoms with Gasteiger partial charge in [0.15, 0.2) is 6.61 Å². The largest absolute Gasteiger partial charge is 0.483 e. The Morgan fingerprint density at radius 2 is 1.76 bits per heavy atom. The van der Waals surface area contributed by atoms with E-state index in [2.05, 4.69) is 4.98 Å². The zero-order chi connectivity index (χ0) is 24.7. The fourth-order valence-electron chi connectivity index (χ4n) is 3.93. The van der Waals surface area contributed by atoms with E-state index in [4.69, 9.17) is 4.74 Å². The molecule has 1 N–H and O–H groups in total. The van der Waals surface area contributed by atoms with Crippen molar-refractivity contribution >= 4 is 11.6 Å². The molecule has 0 aliphatic carbocycles. The fraction of sp³-hybridized carbons (Fsp3) is 0.280. The molecule has 178 valence electrons. The van der Waals surface area contributed by atoms with Crippen LogP contribution in [0.4, 0.5) is 23.2 Å². The van der Waals surface area contributed by atoms with Gasteiger partial charge in [0.2, 0.25) is 0 Å². The van der Waals surface area contributed by atoms with E-state index in [9.17, 15) is 27.5 Å². The van der Waals surface area contributed by atoms with Crippen molar-refractivity contribution in [3.63, 3.8) is 0 Å². The molecule has 4 rings (SSSR count). The van der Waals surface area contributed by atoms with Crippen LogP contribution in [0.5, 0.6) is 5.75 Å². The van der Waals surface area contributed by atoms with Crippen molar-refractivity contribution < 1.29 is 32.2 Å². The maximum Gasteiger partial charge on any atom is 0.422 e. The van der Waals surface area contributed by atoms with Crippen LogP contribution in [-0.4, -0.2) is 34.4 Å². The molecule has 34 heavy (non-hydrogen) atoms. The number of aliphatic hydroxyl groups is 1. The van der Waals surface area contributed by atoms with E-state index in [1.165, 1.54) is 17.2 Å². The highest BCUT2D eigenvalue weighted by Gasteiger charge is 2.33. The third-order valence-corrected chi connectivity index (χ3v) is 5.32. The molecule has 1 aliphatic heterocycles. The van der Waals surface area contributed by atoms with Gasteiger partial charge in [0.1, 0.15) is 11.6 Å². The lowest BCUT2D eigenvalue weighted by Crippen LogP contribution is -2.23. The topological polar surface area (TPSA) is 62.7 Å². The van der Waals surface area contributed by atoms with Crippen molar-refractivity contribution in [3.8, 4) is 17.0 Å². The van der Waals surface area contributed by atoms with Crippen LogP contribution in [0, 0.1) is 5.82 Å². The minimum Gasteiger partial charge on any atom is -0.483 e. The van der Waals surface area contributed by atoms with Gasteiger partial charge >= 0.3 is 6.18 Å². The van der Waals surface area contributed by atoms with E-state index in [1.54, 1.807) is 32.0 Å². The Hall–Kier alpha value is -3.46. The van der Waals surface area contributed by atoms with Crippen LogP contribution in [0.1, 0.15) is 35.3 Å². The number of alkyl halides is 3. The Morgan fingerprint density at radius 3 is 2.41 bits per heavy atom. The van der Waals surface area contributed by atoms with E-state index < -0.39 is 24.2 Å². The third kappa shape index (κ3) is 5.20. The first-order valence-corrected chi connectivity index (χ1v) is 10.5. The van der Waals surface area contributed by atoms with Crippen LogP contribution in [0.3, 0.4) is 0 Å². The average Bonchev–Trinajstić information content (AvgIpc) is 3.08. The minimum atomic E-state index is -4.60. The van der Waals surface area contributed by atoms with Crippen LogP contribution in [0.2, 0.25) is 0 Å². The monoisotopic (exact) mass is 474 g/mol. The number of amides is 1. The van der Waals surface area contributed by atoms with Crippen molar-refractivity contribution in [3.05, 3.63) is 77.2 Å². The number of benzene rings is 2. The number of hydrogen-bond donors (Lipinski definition) is 1. The van der Waals surface area contributed by atoms with Crippen LogP contribution in [-0.2, 0) is 13.0 Å². The van der Waals surface area contributed by atoms with Crippen molar-refractivity contribution in [1.82, 2.24) is 4.98 Å². The Bertz CT molecular complexity index is 1220. The minimum absolute atomic E-state index is 0.137. The van der Waals surface area contributed by atoms with E-state index >= 15 is 0 Å². The summed E-state index contributed by atoms with van der Waals surface area (Å²) in [7, 11) is 0. The van der Waals surface area contributed by atoms with Gasteiger partial charge in [0.25, 0.3) is 5.91 Å². The van der Waals surface area contributed by atoms with Crippen LogP contribution in [0.15, 0.2) is 54.7 Å². The summed E-state index contributed by atoms with van der Waals surface area (Å²) in [5, 5.41) is 10.0. The molecule has 3 aromatic rings. The van der Waals surface area contributed by atoms with Crippen LogP contribution < -0.4 is 9.64 Å². The van der Waals surface area contributed by atoms with Crippen molar-refractivity contribution in [2.24, 2.45) is 0 Å². The standard InChI is InChI=1S/C25H22F4N2O3/c1-24(2,33)12-15-3-6-17(7-4-15)31-13-20-18(23(31)32)9-10-30-22(20)19-8-5-16(26)11-21(19)34-14-25(27,28)29/h3-11,33H,12-14H2,1-2H3. The molecule has 1 aromatic heterocycles. The van der Waals surface area contributed by atoms with Gasteiger partial charge in [-0.15, -0.1) is 0 Å². The van der Waals surface area contributed by atoms with E-state index in [0.717, 1.165) is 17.7 Å². The lowest BCUT2D eigenvalue weighted by Gasteiger charge is -2.19. The number of carbonyl (C=O) groups is 1. The number of nitrogens with zero attached hydrogens (tertiary/aromatic N) is 2. The van der Waals surface area contributed by atoms with Gasteiger partial charge in [0, 0.05) is 41.1 Å². The first kappa shape index (κ1) is 23.7. The lowest BCUT2D eigenvalue weighted by atomic mass is 9.98. The molecule has 0 atom stereocenters. The number of rotatable bonds is 6. The third-order valence-electron chi connectivity index (χ3n) is 5.32. The molecule has 0 fully saturated rings. The molecule has 0 unspecified atom stereocenters. The number of anilines is 1. The lowest BCUT2D eigenvalue weighted by molar-refractivity contribution is -0.153. The van der Waals surface area contributed by atoms with E-state index in [1.807, 2.05) is 12.1 Å². The number of hydrogen-bond acceptors (Lipinski definition) is 4. The van der Waals surface area contributed by atoms with Crippen LogP contribution in [0.25, 0.3) is 11.3 Å². The van der Waals surface area contributed by atoms with Gasteiger partial charge in [0.05, 0.1) is 17.8 Å². The van der Waals surface area contributed by atoms with Crippen LogP contribution >= 0.6 is 0 Å². The number of fused-ring (bicyclic) bond motifs is 1. The second-order valence-electron chi connectivity index (χ2n) is 8.78. The van der Waals surface area contributed by atoms with Crippen molar-refractivity contribution in [2.45, 2.75) is 38.6 Å². The number of aromatic nitrogens is 1. The highest BCUT2D eigenvalue weighted by Crippen LogP contribution is 2.38. The summed E-state index contributed by atoms with van der Waals surface area (Å²) in [5.41, 5.74) is 1.94. The number of pyridine rings is 1. The van der Waals surface area contributed by atoms with Crippen molar-refractivity contribution in [2.75, 3.05) is 11.5 Å². The van der Waals surface area contributed by atoms with Gasteiger partial charge in [-0.05, 0) is 49.7 Å². The summed E-state index contributed by atoms with van der Waals surface area (Å²) in [6.45, 7) is 1.97. The summed E-state index contributed by atoms with van der Waals surface area (Å²) in [4.78, 5) is 18.9. The molecule has 0 saturated heterocycles. The van der Waals surface area contributed by atoms with Gasteiger partial charge < -0.3 is 14.7 Å². The zero-order valence-electron chi connectivity index (χ0n) is 18.5. The molecule has 0 radical (unpaired) electrons. The maximum atomic E-state index is 13.8. The second-order valence-corrected chi connectivity index (χ2v) is 8.78. The summed E-state index contributed by atoms with van der Waals surface area (Å²) >= 11 is 0. The normalized spacial score (nSPS) is 13.9. The molecule has 1 aliphatic rings. The Labute approximate surface area is 193 Å². The van der Waals surface area contributed by atoms with Gasteiger partial charge in [-0.2, -0.15) is 13.2 Å². The van der Waals surface area contributed by atoms with Crippen molar-refractivity contribution in [1.29, 1.82) is 0 Å². The molecular weight excluding hydrogens is 452 g/mol. The van der Waals surface area contributed by atoms with E-state index in [-0.39, 0.29) is 29.5 Å². The van der Waals surface area contributed by atoms with E-state index in [0.29, 0.717) is 23.2 Å². The highest BCUT2D eigenvalue weighted by atomic mass is 19.4. The quantitative estimate of drug-likeness (QED) is 0.493. The Kier molecular flexibility index (Phi) is 6.07. The smallest absolute Gasteiger partial charge is 0.422 e. The van der Waals surface area contributed by atoms with Gasteiger partial charge in [-0.3, -0.25) is 9.78 Å². The number of carbonyl (C=O) groups excluding carboxylic acids is 1. The SMILES string of the molecule is CC(C)(O)Cc1ccc(N2Cc3c(ccnc3-c3ccc(F)cc3OCC(F)(F)F)C2=O)cc1. The molecule has 2 heterocycles. The fourth-order valence-corrected chi connectivity index (χ4v) is 3.93. The number of ether oxygens (including phenoxy) is 1. The summed E-state index contributed by atoms with van der Waals surface area (Å²) in [5.74, 6) is -1.34. The molecule has 2 aromatic carbocycles. The maximum absolute atomic E-state index is 13.8. The predicted octanol–water partition coefficient (Wildman–Crippen LogP) is 5.30. The first-order chi connectivity index (χ1) is 15.9. The summed E-state index contributed by atoms with van der Waals surface area (Å²) < 4.78 is 56.8. The molecule has 5 nitrogen and oxygen atoms in total. The molecular formula is C25H22F4N2O3. The summed E-state index contributed by atoms with van der Waals surface area (Å²) in [6, 6.07) is 12.0. The highest BCUT2D eigenvalue weighted by molar-refractivity contribution is 6.11. The summed E-state index contributed by atoms with van der Waals surface area (Å²) in [6.07, 6.45) is -2.76. The first-order valence-electron chi connectivity index (χ1n) is 10.5. The Morgan fingerprint density at radius 1 is 1.06 bits per heavy atom. The molecule has 1 amide bonds.